The first-order chi connectivity index (χ1) is 6.84. The lowest BCUT2D eigenvalue weighted by molar-refractivity contribution is 1.19. The summed E-state index contributed by atoms with van der Waals surface area (Å²) in [5, 5.41) is 0. The molecule has 0 unspecified atom stereocenters. The second kappa shape index (κ2) is 2.58. The number of fused-ring (bicyclic) bond motifs is 3. The van der Waals surface area contributed by atoms with Crippen molar-refractivity contribution in [3.8, 4) is 11.3 Å². The second-order valence-corrected chi connectivity index (χ2v) is 3.56. The maximum atomic E-state index is 11.2. The van der Waals surface area contributed by atoms with E-state index in [1.807, 2.05) is 18.2 Å². The van der Waals surface area contributed by atoms with Crippen LogP contribution in [0, 0.1) is 0 Å². The van der Waals surface area contributed by atoms with Crippen molar-refractivity contribution >= 4 is 0 Å². The van der Waals surface area contributed by atoms with Crippen molar-refractivity contribution in [2.75, 3.05) is 0 Å². The molecule has 2 nitrogen and oxygen atoms in total. The van der Waals surface area contributed by atoms with Gasteiger partial charge in [0.05, 0.1) is 5.69 Å². The lowest BCUT2D eigenvalue weighted by Crippen LogP contribution is -2.04. The van der Waals surface area contributed by atoms with E-state index in [-0.39, 0.29) is 5.56 Å². The molecular formula is C12H9NO. The monoisotopic (exact) mass is 183 g/mol. The van der Waals surface area contributed by atoms with Gasteiger partial charge < -0.3 is 4.98 Å². The van der Waals surface area contributed by atoms with E-state index in [9.17, 15) is 4.79 Å². The predicted octanol–water partition coefficient (Wildman–Crippen LogP) is 1.95. The van der Waals surface area contributed by atoms with E-state index in [0.29, 0.717) is 0 Å². The molecule has 0 amide bonds. The van der Waals surface area contributed by atoms with Crippen molar-refractivity contribution in [2.24, 2.45) is 0 Å². The Morgan fingerprint density at radius 3 is 2.79 bits per heavy atom. The highest BCUT2D eigenvalue weighted by Gasteiger charge is 2.17. The van der Waals surface area contributed by atoms with Gasteiger partial charge in [-0.2, -0.15) is 0 Å². The average molecular weight is 183 g/mol. The molecule has 0 radical (unpaired) electrons. The minimum Gasteiger partial charge on any atom is -0.322 e. The third-order valence-corrected chi connectivity index (χ3v) is 2.67. The quantitative estimate of drug-likeness (QED) is 0.567. The largest absolute Gasteiger partial charge is 0.322 e. The zero-order valence-corrected chi connectivity index (χ0v) is 7.58. The molecule has 68 valence electrons. The minimum atomic E-state index is -0.0274. The number of pyridine rings is 1. The Balaban J connectivity index is 2.35. The first kappa shape index (κ1) is 7.56. The smallest absolute Gasteiger partial charge is 0.248 e. The summed E-state index contributed by atoms with van der Waals surface area (Å²) in [4.78, 5) is 14.1. The molecule has 1 aliphatic carbocycles. The lowest BCUT2D eigenvalue weighted by Gasteiger charge is -1.98. The van der Waals surface area contributed by atoms with Crippen LogP contribution >= 0.6 is 0 Å². The highest BCUT2D eigenvalue weighted by molar-refractivity contribution is 5.72. The van der Waals surface area contributed by atoms with Gasteiger partial charge in [0.25, 0.3) is 0 Å². The number of rotatable bonds is 0. The van der Waals surface area contributed by atoms with Crippen LogP contribution in [0.5, 0.6) is 0 Å². The van der Waals surface area contributed by atoms with Crippen LogP contribution in [0.25, 0.3) is 11.3 Å². The Morgan fingerprint density at radius 2 is 1.86 bits per heavy atom. The van der Waals surface area contributed by atoms with E-state index in [0.717, 1.165) is 12.1 Å². The summed E-state index contributed by atoms with van der Waals surface area (Å²) in [5.41, 5.74) is 4.64. The molecule has 0 atom stereocenters. The molecule has 0 saturated carbocycles. The SMILES string of the molecule is O=c1ccc2c([nH]1)-c1ccccc1C2. The molecule has 3 rings (SSSR count). The van der Waals surface area contributed by atoms with Gasteiger partial charge in [-0.3, -0.25) is 4.79 Å². The van der Waals surface area contributed by atoms with Crippen molar-refractivity contribution in [3.63, 3.8) is 0 Å². The standard InChI is InChI=1S/C12H9NO/c14-11-6-5-9-7-8-3-1-2-4-10(8)12(9)13-11/h1-6H,7H2,(H,13,14). The van der Waals surface area contributed by atoms with Crippen LogP contribution in [0.4, 0.5) is 0 Å². The van der Waals surface area contributed by atoms with Crippen LogP contribution in [0.2, 0.25) is 0 Å². The second-order valence-electron chi connectivity index (χ2n) is 3.56. The molecule has 0 spiro atoms. The maximum absolute atomic E-state index is 11.2. The van der Waals surface area contributed by atoms with Crippen LogP contribution in [-0.4, -0.2) is 4.98 Å². The van der Waals surface area contributed by atoms with E-state index >= 15 is 0 Å². The van der Waals surface area contributed by atoms with Crippen LogP contribution in [-0.2, 0) is 6.42 Å². The molecule has 0 fully saturated rings. The molecule has 14 heavy (non-hydrogen) atoms. The van der Waals surface area contributed by atoms with Crippen molar-refractivity contribution < 1.29 is 0 Å². The molecule has 0 bridgehead atoms. The van der Waals surface area contributed by atoms with Gasteiger partial charge in [-0.15, -0.1) is 0 Å². The van der Waals surface area contributed by atoms with Gasteiger partial charge in [-0.25, -0.2) is 0 Å². The minimum absolute atomic E-state index is 0.0274. The number of hydrogen-bond acceptors (Lipinski definition) is 1. The van der Waals surface area contributed by atoms with Crippen molar-refractivity contribution in [1.29, 1.82) is 0 Å². The third kappa shape index (κ3) is 0.940. The summed E-state index contributed by atoms with van der Waals surface area (Å²) < 4.78 is 0. The molecule has 1 aliphatic rings. The molecule has 1 heterocycles. The van der Waals surface area contributed by atoms with E-state index in [1.165, 1.54) is 16.7 Å². The van der Waals surface area contributed by atoms with Gasteiger partial charge in [0, 0.05) is 18.1 Å². The molecular weight excluding hydrogens is 174 g/mol. The van der Waals surface area contributed by atoms with Crippen LogP contribution in [0.15, 0.2) is 41.2 Å². The number of H-pyrrole nitrogens is 1. The fourth-order valence-electron chi connectivity index (χ4n) is 2.02. The predicted molar refractivity (Wildman–Crippen MR) is 55.3 cm³/mol. The third-order valence-electron chi connectivity index (χ3n) is 2.67. The molecule has 0 saturated heterocycles. The highest BCUT2D eigenvalue weighted by Crippen LogP contribution is 2.33. The van der Waals surface area contributed by atoms with Crippen molar-refractivity contribution in [2.45, 2.75) is 6.42 Å². The summed E-state index contributed by atoms with van der Waals surface area (Å²) in [5.74, 6) is 0. The van der Waals surface area contributed by atoms with E-state index in [2.05, 4.69) is 17.1 Å². The fourth-order valence-corrected chi connectivity index (χ4v) is 2.02. The summed E-state index contributed by atoms with van der Waals surface area (Å²) in [6, 6.07) is 11.7. The van der Waals surface area contributed by atoms with Crippen LogP contribution in [0.1, 0.15) is 11.1 Å². The van der Waals surface area contributed by atoms with Gasteiger partial charge in [-0.05, 0) is 11.1 Å². The molecule has 0 aliphatic heterocycles. The van der Waals surface area contributed by atoms with Crippen LogP contribution in [0.3, 0.4) is 0 Å². The number of hydrogen-bond donors (Lipinski definition) is 1. The Morgan fingerprint density at radius 1 is 1.00 bits per heavy atom. The number of aromatic nitrogens is 1. The van der Waals surface area contributed by atoms with Gasteiger partial charge >= 0.3 is 0 Å². The Bertz CT molecular complexity index is 554. The van der Waals surface area contributed by atoms with Crippen LogP contribution < -0.4 is 5.56 Å². The van der Waals surface area contributed by atoms with Gasteiger partial charge in [0.2, 0.25) is 5.56 Å². The molecule has 1 N–H and O–H groups in total. The average Bonchev–Trinajstić information content (AvgIpc) is 2.56. The van der Waals surface area contributed by atoms with Crippen molar-refractivity contribution in [3.05, 3.63) is 57.9 Å². The number of benzene rings is 1. The summed E-state index contributed by atoms with van der Waals surface area (Å²) in [6.45, 7) is 0. The van der Waals surface area contributed by atoms with Gasteiger partial charge in [-0.1, -0.05) is 30.3 Å². The molecule has 1 aromatic carbocycles. The van der Waals surface area contributed by atoms with Gasteiger partial charge in [0.15, 0.2) is 0 Å². The van der Waals surface area contributed by atoms with Crippen molar-refractivity contribution in [1.82, 2.24) is 4.98 Å². The molecule has 1 aromatic heterocycles. The summed E-state index contributed by atoms with van der Waals surface area (Å²) in [6.07, 6.45) is 0.933. The maximum Gasteiger partial charge on any atom is 0.248 e. The lowest BCUT2D eigenvalue weighted by atomic mass is 10.1. The number of aromatic amines is 1. The summed E-state index contributed by atoms with van der Waals surface area (Å²) in [7, 11) is 0. The van der Waals surface area contributed by atoms with E-state index in [1.54, 1.807) is 6.07 Å². The first-order valence-electron chi connectivity index (χ1n) is 4.65. The molecule has 2 heteroatoms. The van der Waals surface area contributed by atoms with Gasteiger partial charge in [0.1, 0.15) is 0 Å². The Hall–Kier alpha value is -1.83. The zero-order valence-electron chi connectivity index (χ0n) is 7.58. The Kier molecular flexibility index (Phi) is 1.39. The Labute approximate surface area is 81.2 Å². The fraction of sp³-hybridized carbons (Fsp3) is 0.0833. The molecule has 2 aromatic rings. The van der Waals surface area contributed by atoms with E-state index < -0.39 is 0 Å². The number of nitrogens with one attached hydrogen (secondary N) is 1. The zero-order chi connectivity index (χ0) is 9.54. The highest BCUT2D eigenvalue weighted by atomic mass is 16.1. The normalized spacial score (nSPS) is 12.3. The summed E-state index contributed by atoms with van der Waals surface area (Å²) >= 11 is 0. The topological polar surface area (TPSA) is 32.9 Å². The van der Waals surface area contributed by atoms with E-state index in [4.69, 9.17) is 0 Å². The first-order valence-corrected chi connectivity index (χ1v) is 4.65.